The first-order valence-electron chi connectivity index (χ1n) is 9.50. The molecule has 0 aromatic heterocycles. The summed E-state index contributed by atoms with van der Waals surface area (Å²) in [4.78, 5) is 11.6. The molecule has 2 aromatic rings. The molecule has 1 N–H and O–H groups in total. The summed E-state index contributed by atoms with van der Waals surface area (Å²) in [5.74, 6) is -2.23. The fourth-order valence-corrected chi connectivity index (χ4v) is 3.61. The topological polar surface area (TPSA) is 65.0 Å². The van der Waals surface area contributed by atoms with E-state index in [0.29, 0.717) is 30.5 Å². The zero-order valence-electron chi connectivity index (χ0n) is 17.2. The van der Waals surface area contributed by atoms with Gasteiger partial charge >= 0.3 is 5.97 Å². The molecule has 5 nitrogen and oxygen atoms in total. The van der Waals surface area contributed by atoms with Gasteiger partial charge in [0, 0.05) is 29.7 Å². The fourth-order valence-electron chi connectivity index (χ4n) is 2.62. The maximum Gasteiger partial charge on any atom is 0.341 e. The van der Waals surface area contributed by atoms with Crippen LogP contribution in [0.5, 0.6) is 11.5 Å². The maximum absolute atomic E-state index is 13.3. The first kappa shape index (κ1) is 24.0. The van der Waals surface area contributed by atoms with E-state index in [9.17, 15) is 13.6 Å². The Hall–Kier alpha value is -2.32. The van der Waals surface area contributed by atoms with Crippen LogP contribution < -0.4 is 9.47 Å². The Labute approximate surface area is 179 Å². The third-order valence-corrected chi connectivity index (χ3v) is 5.26. The van der Waals surface area contributed by atoms with Crippen LogP contribution in [0, 0.1) is 6.92 Å². The van der Waals surface area contributed by atoms with E-state index in [4.69, 9.17) is 19.3 Å². The summed E-state index contributed by atoms with van der Waals surface area (Å²) in [6.07, 6.45) is -0.185. The van der Waals surface area contributed by atoms with E-state index in [0.717, 1.165) is 17.4 Å². The van der Waals surface area contributed by atoms with Gasteiger partial charge in [-0.1, -0.05) is 0 Å². The number of carboxylic acid groups (broad SMARTS) is 1. The molecule has 8 heteroatoms. The smallest absolute Gasteiger partial charge is 0.341 e. The van der Waals surface area contributed by atoms with E-state index in [2.05, 4.69) is 0 Å². The van der Waals surface area contributed by atoms with Gasteiger partial charge in [-0.15, -0.1) is 11.8 Å². The number of alkyl halides is 2. The Balaban J connectivity index is 1.89. The average molecular weight is 441 g/mol. The Kier molecular flexibility index (Phi) is 8.92. The molecule has 0 aliphatic heterocycles. The van der Waals surface area contributed by atoms with Gasteiger partial charge in [-0.05, 0) is 61.9 Å². The van der Waals surface area contributed by atoms with E-state index in [1.807, 2.05) is 26.0 Å². The number of carbonyl (C=O) groups is 1. The van der Waals surface area contributed by atoms with Crippen LogP contribution in [0.3, 0.4) is 0 Å². The number of hydrogen-bond donors (Lipinski definition) is 1. The molecule has 0 aliphatic rings. The number of benzene rings is 2. The normalized spacial score (nSPS) is 12.4. The third-order valence-electron chi connectivity index (χ3n) is 4.13. The largest absolute Gasteiger partial charge is 0.491 e. The lowest BCUT2D eigenvalue weighted by molar-refractivity contribution is -0.139. The van der Waals surface area contributed by atoms with E-state index in [1.54, 1.807) is 17.8 Å². The highest BCUT2D eigenvalue weighted by Gasteiger charge is 2.23. The van der Waals surface area contributed by atoms with Gasteiger partial charge in [0.05, 0.1) is 0 Å². The summed E-state index contributed by atoms with van der Waals surface area (Å²) in [5, 5.41) is 8.71. The number of halogens is 2. The number of carboxylic acids is 1. The lowest BCUT2D eigenvalue weighted by Crippen LogP contribution is -2.24. The number of hydrogen-bond acceptors (Lipinski definition) is 5. The van der Waals surface area contributed by atoms with Crippen molar-refractivity contribution in [3.8, 4) is 11.5 Å². The minimum atomic E-state index is -2.88. The van der Waals surface area contributed by atoms with Gasteiger partial charge in [-0.2, -0.15) is 0 Å². The molecular weight excluding hydrogens is 414 g/mol. The number of aliphatic carboxylic acids is 1. The average Bonchev–Trinajstić information content (AvgIpc) is 2.69. The summed E-state index contributed by atoms with van der Waals surface area (Å²) in [6, 6.07) is 11.3. The first-order chi connectivity index (χ1) is 14.2. The molecule has 30 heavy (non-hydrogen) atoms. The second-order valence-electron chi connectivity index (χ2n) is 6.72. The summed E-state index contributed by atoms with van der Waals surface area (Å²) in [5.41, 5.74) is 0.788. The van der Waals surface area contributed by atoms with Gasteiger partial charge in [-0.25, -0.2) is 13.6 Å². The molecule has 0 spiro atoms. The molecule has 0 radical (unpaired) electrons. The van der Waals surface area contributed by atoms with Gasteiger partial charge < -0.3 is 19.3 Å². The molecule has 2 aromatic carbocycles. The molecule has 0 aliphatic carbocycles. The molecule has 1 atom stereocenters. The second kappa shape index (κ2) is 11.2. The van der Waals surface area contributed by atoms with Crippen LogP contribution in [0.1, 0.15) is 25.0 Å². The predicted octanol–water partition coefficient (Wildman–Crippen LogP) is 5.15. The lowest BCUT2D eigenvalue weighted by Gasteiger charge is -2.18. The summed E-state index contributed by atoms with van der Waals surface area (Å²) < 4.78 is 43.3. The van der Waals surface area contributed by atoms with Crippen molar-refractivity contribution >= 4 is 17.7 Å². The number of ether oxygens (including phenoxy) is 3. The number of rotatable bonds is 12. The van der Waals surface area contributed by atoms with Crippen molar-refractivity contribution in [2.75, 3.05) is 25.6 Å². The molecule has 0 fully saturated rings. The highest BCUT2D eigenvalue weighted by atomic mass is 32.2. The standard InChI is InChI=1S/C22H26F2O5S/c1-4-27-18(12-28-17-7-5-16(6-8-17)22(3,23)24)14-30-19-9-10-20(15(2)11-19)29-13-21(25)26/h5-11,18H,4,12-14H2,1-3H3,(H,25,26)/t18-/m1/s1. The van der Waals surface area contributed by atoms with Gasteiger partial charge in [0.1, 0.15) is 24.2 Å². The fraction of sp³-hybridized carbons (Fsp3) is 0.409. The second-order valence-corrected chi connectivity index (χ2v) is 7.82. The van der Waals surface area contributed by atoms with Crippen LogP contribution in [-0.2, 0) is 15.5 Å². The quantitative estimate of drug-likeness (QED) is 0.461. The highest BCUT2D eigenvalue weighted by Crippen LogP contribution is 2.29. The number of thioether (sulfide) groups is 1. The van der Waals surface area contributed by atoms with E-state index >= 15 is 0 Å². The number of aryl methyl sites for hydroxylation is 1. The van der Waals surface area contributed by atoms with Crippen LogP contribution in [0.4, 0.5) is 8.78 Å². The van der Waals surface area contributed by atoms with Crippen LogP contribution in [0.25, 0.3) is 0 Å². The molecule has 0 saturated heterocycles. The van der Waals surface area contributed by atoms with E-state index < -0.39 is 11.9 Å². The van der Waals surface area contributed by atoms with Gasteiger partial charge in [0.25, 0.3) is 5.92 Å². The maximum atomic E-state index is 13.3. The van der Waals surface area contributed by atoms with Crippen molar-refractivity contribution in [2.24, 2.45) is 0 Å². The van der Waals surface area contributed by atoms with Crippen molar-refractivity contribution in [1.82, 2.24) is 0 Å². The van der Waals surface area contributed by atoms with Crippen molar-refractivity contribution in [3.63, 3.8) is 0 Å². The lowest BCUT2D eigenvalue weighted by atomic mass is 10.1. The van der Waals surface area contributed by atoms with E-state index in [-0.39, 0.29) is 18.3 Å². The Morgan fingerprint density at radius 3 is 2.43 bits per heavy atom. The van der Waals surface area contributed by atoms with Crippen molar-refractivity contribution in [1.29, 1.82) is 0 Å². The van der Waals surface area contributed by atoms with Crippen LogP contribution in [-0.4, -0.2) is 42.8 Å². The first-order valence-corrected chi connectivity index (χ1v) is 10.5. The Morgan fingerprint density at radius 2 is 1.87 bits per heavy atom. The minimum absolute atomic E-state index is 0.0575. The summed E-state index contributed by atoms with van der Waals surface area (Å²) >= 11 is 1.58. The summed E-state index contributed by atoms with van der Waals surface area (Å²) in [7, 11) is 0. The highest BCUT2D eigenvalue weighted by molar-refractivity contribution is 7.99. The molecule has 0 heterocycles. The van der Waals surface area contributed by atoms with Crippen molar-refractivity contribution < 1.29 is 32.9 Å². The molecule has 0 unspecified atom stereocenters. The van der Waals surface area contributed by atoms with Crippen LogP contribution >= 0.6 is 11.8 Å². The molecule has 164 valence electrons. The predicted molar refractivity (Wildman–Crippen MR) is 112 cm³/mol. The molecule has 0 bridgehead atoms. The minimum Gasteiger partial charge on any atom is -0.491 e. The van der Waals surface area contributed by atoms with Gasteiger partial charge in [0.2, 0.25) is 0 Å². The Morgan fingerprint density at radius 1 is 1.17 bits per heavy atom. The Bertz CT molecular complexity index is 821. The summed E-state index contributed by atoms with van der Waals surface area (Å²) in [6.45, 7) is 5.05. The molecular formula is C22H26F2O5S. The van der Waals surface area contributed by atoms with Crippen molar-refractivity contribution in [2.45, 2.75) is 37.7 Å². The zero-order valence-corrected chi connectivity index (χ0v) is 18.0. The van der Waals surface area contributed by atoms with Crippen LogP contribution in [0.2, 0.25) is 0 Å². The van der Waals surface area contributed by atoms with Crippen molar-refractivity contribution in [3.05, 3.63) is 53.6 Å². The van der Waals surface area contributed by atoms with Gasteiger partial charge in [0.15, 0.2) is 6.61 Å². The molecule has 2 rings (SSSR count). The molecule has 0 amide bonds. The molecule has 0 saturated carbocycles. The third kappa shape index (κ3) is 7.84. The van der Waals surface area contributed by atoms with E-state index in [1.165, 1.54) is 24.3 Å². The monoisotopic (exact) mass is 440 g/mol. The van der Waals surface area contributed by atoms with Crippen LogP contribution in [0.15, 0.2) is 47.4 Å². The zero-order chi connectivity index (χ0) is 22.1. The van der Waals surface area contributed by atoms with Gasteiger partial charge in [-0.3, -0.25) is 0 Å². The SMILES string of the molecule is CCO[C@H](COc1ccc(C(C)(F)F)cc1)CSc1ccc(OCC(=O)O)c(C)c1.